The standard InChI is InChI=1S/C36H47Cl3N4O8/c1-7-36(33(45)50-8-2,15-17-47-19-21-49-22-20-48-18-16-40-34(46)51-35(4,5)6)41-32(44)30-24(3)31(25-9-11-26(37)12-10-25)43(42-30)29-14-13-27(38)23-28(29)39/h9-14,23H,7-8,15-22H2,1-6H3,(H,40,46)(H,41,44). The first kappa shape index (κ1) is 42.0. The Labute approximate surface area is 314 Å². The Morgan fingerprint density at radius 3 is 2.04 bits per heavy atom. The number of amides is 2. The molecule has 0 saturated carbocycles. The Bertz CT molecular complexity index is 1610. The quantitative estimate of drug-likeness (QED) is 0.0957. The molecule has 2 N–H and O–H groups in total. The fourth-order valence-corrected chi connectivity index (χ4v) is 5.60. The summed E-state index contributed by atoms with van der Waals surface area (Å²) < 4.78 is 28.9. The van der Waals surface area contributed by atoms with Crippen LogP contribution in [0, 0.1) is 6.92 Å². The summed E-state index contributed by atoms with van der Waals surface area (Å²) in [5, 5.41) is 11.6. The number of nitrogens with zero attached hydrogens (tertiary/aromatic N) is 2. The van der Waals surface area contributed by atoms with Gasteiger partial charge in [0.15, 0.2) is 5.69 Å². The molecule has 2 aromatic carbocycles. The average Bonchev–Trinajstić information content (AvgIpc) is 3.40. The van der Waals surface area contributed by atoms with Crippen LogP contribution in [-0.4, -0.2) is 91.7 Å². The topological polar surface area (TPSA) is 139 Å². The van der Waals surface area contributed by atoms with E-state index in [1.54, 1.807) is 76.6 Å². The molecule has 12 nitrogen and oxygen atoms in total. The van der Waals surface area contributed by atoms with Crippen LogP contribution in [-0.2, 0) is 28.5 Å². The van der Waals surface area contributed by atoms with Crippen LogP contribution in [0.5, 0.6) is 0 Å². The fourth-order valence-electron chi connectivity index (χ4n) is 4.98. The summed E-state index contributed by atoms with van der Waals surface area (Å²) in [6, 6.07) is 12.1. The summed E-state index contributed by atoms with van der Waals surface area (Å²) in [5.41, 5.74) is 0.594. The van der Waals surface area contributed by atoms with E-state index in [0.717, 1.165) is 5.56 Å². The first-order valence-electron chi connectivity index (χ1n) is 16.7. The number of carbonyl (C=O) groups is 3. The predicted octanol–water partition coefficient (Wildman–Crippen LogP) is 7.21. The minimum Gasteiger partial charge on any atom is -0.464 e. The summed E-state index contributed by atoms with van der Waals surface area (Å²) in [5.74, 6) is -1.14. The van der Waals surface area contributed by atoms with Crippen LogP contribution in [0.4, 0.5) is 4.79 Å². The molecule has 0 radical (unpaired) electrons. The third-order valence-electron chi connectivity index (χ3n) is 7.55. The monoisotopic (exact) mass is 768 g/mol. The lowest BCUT2D eigenvalue weighted by molar-refractivity contribution is -0.152. The Hall–Kier alpha value is -3.39. The van der Waals surface area contributed by atoms with E-state index < -0.39 is 29.1 Å². The van der Waals surface area contributed by atoms with Crippen molar-refractivity contribution in [2.75, 3.05) is 52.8 Å². The molecule has 0 spiro atoms. The lowest BCUT2D eigenvalue weighted by Gasteiger charge is -2.31. The van der Waals surface area contributed by atoms with Gasteiger partial charge in [-0.2, -0.15) is 5.10 Å². The van der Waals surface area contributed by atoms with E-state index in [0.29, 0.717) is 65.0 Å². The molecule has 0 saturated heterocycles. The van der Waals surface area contributed by atoms with Gasteiger partial charge in [0, 0.05) is 40.7 Å². The van der Waals surface area contributed by atoms with Gasteiger partial charge in [-0.1, -0.05) is 53.9 Å². The van der Waals surface area contributed by atoms with Crippen molar-refractivity contribution in [1.82, 2.24) is 20.4 Å². The van der Waals surface area contributed by atoms with Gasteiger partial charge < -0.3 is 34.3 Å². The highest BCUT2D eigenvalue weighted by Crippen LogP contribution is 2.33. The van der Waals surface area contributed by atoms with E-state index >= 15 is 0 Å². The van der Waals surface area contributed by atoms with Gasteiger partial charge in [0.25, 0.3) is 5.91 Å². The minimum absolute atomic E-state index is 0.102. The molecule has 1 unspecified atom stereocenters. The summed E-state index contributed by atoms with van der Waals surface area (Å²) in [6.07, 6.45) is -0.109. The van der Waals surface area contributed by atoms with Gasteiger partial charge in [0.2, 0.25) is 0 Å². The van der Waals surface area contributed by atoms with Crippen molar-refractivity contribution in [1.29, 1.82) is 0 Å². The molecule has 280 valence electrons. The molecule has 3 aromatic rings. The SMILES string of the molecule is CCOC(=O)C(CC)(CCOCCOCCOCCNC(=O)OC(C)(C)C)NC(=O)c1nn(-c2ccc(Cl)cc2Cl)c(-c2ccc(Cl)cc2)c1C. The van der Waals surface area contributed by atoms with Gasteiger partial charge >= 0.3 is 12.1 Å². The van der Waals surface area contributed by atoms with Crippen LogP contribution in [0.3, 0.4) is 0 Å². The van der Waals surface area contributed by atoms with Crippen LogP contribution in [0.15, 0.2) is 42.5 Å². The van der Waals surface area contributed by atoms with Crippen LogP contribution >= 0.6 is 34.8 Å². The zero-order valence-electron chi connectivity index (χ0n) is 29.9. The lowest BCUT2D eigenvalue weighted by atomic mass is 9.91. The molecular formula is C36H47Cl3N4O8. The number of benzene rings is 2. The summed E-state index contributed by atoms with van der Waals surface area (Å²) in [6.45, 7) is 12.8. The molecule has 3 rings (SSSR count). The Kier molecular flexibility index (Phi) is 16.5. The number of nitrogens with one attached hydrogen (secondary N) is 2. The number of alkyl carbamates (subject to hydrolysis) is 1. The van der Waals surface area contributed by atoms with Crippen molar-refractivity contribution in [2.45, 2.75) is 65.5 Å². The number of hydrogen-bond acceptors (Lipinski definition) is 9. The Morgan fingerprint density at radius 1 is 0.843 bits per heavy atom. The third kappa shape index (κ3) is 12.7. The van der Waals surface area contributed by atoms with E-state index in [2.05, 4.69) is 15.7 Å². The highest BCUT2D eigenvalue weighted by molar-refractivity contribution is 6.35. The summed E-state index contributed by atoms with van der Waals surface area (Å²) >= 11 is 18.9. The first-order chi connectivity index (χ1) is 24.2. The average molecular weight is 770 g/mol. The van der Waals surface area contributed by atoms with Gasteiger partial charge in [-0.05, 0) is 71.4 Å². The van der Waals surface area contributed by atoms with Gasteiger partial charge in [0.1, 0.15) is 11.1 Å². The third-order valence-corrected chi connectivity index (χ3v) is 8.34. The highest BCUT2D eigenvalue weighted by atomic mass is 35.5. The maximum Gasteiger partial charge on any atom is 0.407 e. The van der Waals surface area contributed by atoms with E-state index in [4.69, 9.17) is 58.5 Å². The second-order valence-corrected chi connectivity index (χ2v) is 13.7. The molecule has 1 heterocycles. The predicted molar refractivity (Wildman–Crippen MR) is 197 cm³/mol. The smallest absolute Gasteiger partial charge is 0.407 e. The van der Waals surface area contributed by atoms with Gasteiger partial charge in [-0.3, -0.25) is 4.79 Å². The largest absolute Gasteiger partial charge is 0.464 e. The number of halogens is 3. The van der Waals surface area contributed by atoms with Crippen LogP contribution in [0.1, 0.15) is 63.5 Å². The van der Waals surface area contributed by atoms with E-state index in [9.17, 15) is 14.4 Å². The molecular weight excluding hydrogens is 723 g/mol. The number of rotatable bonds is 19. The maximum absolute atomic E-state index is 14.0. The molecule has 1 atom stereocenters. The van der Waals surface area contributed by atoms with Crippen molar-refractivity contribution in [3.05, 3.63) is 68.8 Å². The molecule has 0 aliphatic heterocycles. The number of carbonyl (C=O) groups excluding carboxylic acids is 3. The Balaban J connectivity index is 1.63. The molecule has 0 aliphatic carbocycles. The maximum atomic E-state index is 14.0. The molecule has 51 heavy (non-hydrogen) atoms. The minimum atomic E-state index is -1.39. The van der Waals surface area contributed by atoms with Crippen LogP contribution < -0.4 is 10.6 Å². The van der Waals surface area contributed by atoms with Crippen molar-refractivity contribution in [3.8, 4) is 16.9 Å². The van der Waals surface area contributed by atoms with E-state index in [1.807, 2.05) is 12.1 Å². The van der Waals surface area contributed by atoms with Crippen molar-refractivity contribution in [2.24, 2.45) is 0 Å². The van der Waals surface area contributed by atoms with E-state index in [-0.39, 0.29) is 38.4 Å². The zero-order valence-corrected chi connectivity index (χ0v) is 32.2. The molecule has 0 bridgehead atoms. The molecule has 0 aliphatic rings. The lowest BCUT2D eigenvalue weighted by Crippen LogP contribution is -2.55. The number of esters is 1. The second kappa shape index (κ2) is 20.0. The summed E-state index contributed by atoms with van der Waals surface area (Å²) in [7, 11) is 0. The van der Waals surface area contributed by atoms with E-state index in [1.165, 1.54) is 0 Å². The fraction of sp³-hybridized carbons (Fsp3) is 0.500. The van der Waals surface area contributed by atoms with Crippen LogP contribution in [0.25, 0.3) is 16.9 Å². The van der Waals surface area contributed by atoms with Gasteiger partial charge in [-0.15, -0.1) is 0 Å². The molecule has 15 heteroatoms. The molecule has 1 aromatic heterocycles. The number of aromatic nitrogens is 2. The summed E-state index contributed by atoms with van der Waals surface area (Å²) in [4.78, 5) is 39.0. The zero-order chi connectivity index (χ0) is 37.6. The molecule has 0 fully saturated rings. The normalized spacial score (nSPS) is 12.6. The van der Waals surface area contributed by atoms with Crippen molar-refractivity contribution >= 4 is 52.8 Å². The van der Waals surface area contributed by atoms with Crippen molar-refractivity contribution in [3.63, 3.8) is 0 Å². The number of ether oxygens (including phenoxy) is 5. The van der Waals surface area contributed by atoms with Crippen molar-refractivity contribution < 1.29 is 38.1 Å². The van der Waals surface area contributed by atoms with Gasteiger partial charge in [0.05, 0.1) is 56.0 Å². The molecule has 2 amide bonds. The highest BCUT2D eigenvalue weighted by Gasteiger charge is 2.41. The Morgan fingerprint density at radius 2 is 1.45 bits per heavy atom. The second-order valence-electron chi connectivity index (χ2n) is 12.5. The van der Waals surface area contributed by atoms with Gasteiger partial charge in [-0.25, -0.2) is 14.3 Å². The number of hydrogen-bond donors (Lipinski definition) is 2. The first-order valence-corrected chi connectivity index (χ1v) is 17.9. The van der Waals surface area contributed by atoms with Crippen LogP contribution in [0.2, 0.25) is 15.1 Å².